The normalized spacial score (nSPS) is 10.5. The maximum Gasteiger partial charge on any atom is 0.234 e. The van der Waals surface area contributed by atoms with Crippen LogP contribution in [0.3, 0.4) is 0 Å². The molecule has 4 aromatic rings. The molecular formula is C22H19N5O3S. The van der Waals surface area contributed by atoms with Crippen molar-refractivity contribution in [3.63, 3.8) is 0 Å². The largest absolute Gasteiger partial charge is 0.497 e. The van der Waals surface area contributed by atoms with Gasteiger partial charge in [0.25, 0.3) is 0 Å². The highest BCUT2D eigenvalue weighted by atomic mass is 32.2. The number of hydrogen-bond donors (Lipinski definition) is 1. The maximum absolute atomic E-state index is 12.6. The van der Waals surface area contributed by atoms with Gasteiger partial charge in [-0.1, -0.05) is 42.1 Å². The van der Waals surface area contributed by atoms with E-state index in [2.05, 4.69) is 20.8 Å². The van der Waals surface area contributed by atoms with Crippen LogP contribution in [0, 0.1) is 0 Å². The number of benzene rings is 3. The Morgan fingerprint density at radius 1 is 0.968 bits per heavy atom. The van der Waals surface area contributed by atoms with E-state index in [1.54, 1.807) is 23.9 Å². The van der Waals surface area contributed by atoms with Crippen molar-refractivity contribution in [3.8, 4) is 22.9 Å². The van der Waals surface area contributed by atoms with Crippen molar-refractivity contribution in [1.29, 1.82) is 0 Å². The summed E-state index contributed by atoms with van der Waals surface area (Å²) >= 11 is 1.24. The van der Waals surface area contributed by atoms with Crippen LogP contribution in [0.2, 0.25) is 0 Å². The highest BCUT2D eigenvalue weighted by molar-refractivity contribution is 7.99. The number of carbonyl (C=O) groups is 1. The van der Waals surface area contributed by atoms with Gasteiger partial charge in [-0.25, -0.2) is 0 Å². The molecule has 0 aliphatic rings. The molecule has 8 nitrogen and oxygen atoms in total. The van der Waals surface area contributed by atoms with Gasteiger partial charge in [0.05, 0.1) is 24.2 Å². The third kappa shape index (κ3) is 5.20. The number of rotatable bonds is 8. The van der Waals surface area contributed by atoms with E-state index in [0.29, 0.717) is 22.3 Å². The topological polar surface area (TPSA) is 91.2 Å². The van der Waals surface area contributed by atoms with Crippen molar-refractivity contribution in [3.05, 3.63) is 78.9 Å². The summed E-state index contributed by atoms with van der Waals surface area (Å²) in [6, 6.07) is 24.0. The molecule has 1 heterocycles. The van der Waals surface area contributed by atoms with Crippen molar-refractivity contribution in [2.24, 2.45) is 0 Å². The molecule has 0 unspecified atom stereocenters. The SMILES string of the molecule is COc1ccc(-n2nnnc2SCC(=O)Nc2ccccc2Oc2ccccc2)cc1. The molecule has 1 N–H and O–H groups in total. The first kappa shape index (κ1) is 20.4. The third-order valence-corrected chi connectivity index (χ3v) is 5.14. The number of aromatic nitrogens is 4. The standard InChI is InChI=1S/C22H19N5O3S/c1-29-17-13-11-16(12-14-17)27-22(24-25-26-27)31-15-21(28)23-19-9-5-6-10-20(19)30-18-7-3-2-4-8-18/h2-14H,15H2,1H3,(H,23,28). The number of amides is 1. The van der Waals surface area contributed by atoms with Crippen LogP contribution in [0.5, 0.6) is 17.2 Å². The molecule has 3 aromatic carbocycles. The lowest BCUT2D eigenvalue weighted by atomic mass is 10.3. The fourth-order valence-corrected chi connectivity index (χ4v) is 3.44. The number of hydrogen-bond acceptors (Lipinski definition) is 7. The molecule has 0 saturated heterocycles. The van der Waals surface area contributed by atoms with Crippen LogP contribution >= 0.6 is 11.8 Å². The Morgan fingerprint density at radius 3 is 2.48 bits per heavy atom. The number of tetrazole rings is 1. The van der Waals surface area contributed by atoms with Crippen molar-refractivity contribution in [2.45, 2.75) is 5.16 Å². The Morgan fingerprint density at radius 2 is 1.71 bits per heavy atom. The minimum absolute atomic E-state index is 0.135. The van der Waals surface area contributed by atoms with Crippen LogP contribution in [-0.4, -0.2) is 39.0 Å². The quantitative estimate of drug-likeness (QED) is 0.417. The van der Waals surface area contributed by atoms with E-state index in [-0.39, 0.29) is 11.7 Å². The Labute approximate surface area is 183 Å². The molecule has 1 aromatic heterocycles. The first-order chi connectivity index (χ1) is 15.2. The Balaban J connectivity index is 1.40. The van der Waals surface area contributed by atoms with Crippen LogP contribution in [0.4, 0.5) is 5.69 Å². The van der Waals surface area contributed by atoms with Crippen LogP contribution in [0.25, 0.3) is 5.69 Å². The second-order valence-corrected chi connectivity index (χ2v) is 7.26. The average Bonchev–Trinajstić information content (AvgIpc) is 3.28. The Hall–Kier alpha value is -3.85. The lowest BCUT2D eigenvalue weighted by Crippen LogP contribution is -2.15. The van der Waals surface area contributed by atoms with E-state index < -0.39 is 0 Å². The van der Waals surface area contributed by atoms with E-state index in [4.69, 9.17) is 9.47 Å². The number of thioether (sulfide) groups is 1. The predicted molar refractivity (Wildman–Crippen MR) is 118 cm³/mol. The van der Waals surface area contributed by atoms with Crippen LogP contribution in [0.15, 0.2) is 84.0 Å². The van der Waals surface area contributed by atoms with Crippen LogP contribution < -0.4 is 14.8 Å². The summed E-state index contributed by atoms with van der Waals surface area (Å²) in [5, 5.41) is 15.1. The van der Waals surface area contributed by atoms with E-state index in [0.717, 1.165) is 11.4 Å². The number of para-hydroxylation sites is 3. The van der Waals surface area contributed by atoms with Gasteiger partial charge in [-0.3, -0.25) is 4.79 Å². The van der Waals surface area contributed by atoms with E-state index >= 15 is 0 Å². The summed E-state index contributed by atoms with van der Waals surface area (Å²) in [6.07, 6.45) is 0. The minimum atomic E-state index is -0.196. The molecule has 0 radical (unpaired) electrons. The molecule has 31 heavy (non-hydrogen) atoms. The van der Waals surface area contributed by atoms with Gasteiger partial charge >= 0.3 is 0 Å². The summed E-state index contributed by atoms with van der Waals surface area (Å²) < 4.78 is 12.6. The van der Waals surface area contributed by atoms with Gasteiger partial charge in [0, 0.05) is 0 Å². The molecule has 0 saturated carbocycles. The summed E-state index contributed by atoms with van der Waals surface area (Å²) in [6.45, 7) is 0. The molecule has 0 atom stereocenters. The van der Waals surface area contributed by atoms with Gasteiger partial charge in [0.2, 0.25) is 11.1 Å². The van der Waals surface area contributed by atoms with Gasteiger partial charge in [0.1, 0.15) is 11.5 Å². The van der Waals surface area contributed by atoms with Gasteiger partial charge in [-0.2, -0.15) is 4.68 Å². The molecule has 0 fully saturated rings. The van der Waals surface area contributed by atoms with Gasteiger partial charge in [0.15, 0.2) is 5.75 Å². The first-order valence-electron chi connectivity index (χ1n) is 9.40. The van der Waals surface area contributed by atoms with Crippen LogP contribution in [-0.2, 0) is 4.79 Å². The fourth-order valence-electron chi connectivity index (χ4n) is 2.75. The third-order valence-electron chi connectivity index (χ3n) is 4.22. The number of methoxy groups -OCH3 is 1. The van der Waals surface area contributed by atoms with Crippen LogP contribution in [0.1, 0.15) is 0 Å². The summed E-state index contributed by atoms with van der Waals surface area (Å²) in [5.74, 6) is 1.93. The predicted octanol–water partition coefficient (Wildman–Crippen LogP) is 4.19. The molecule has 0 aliphatic heterocycles. The summed E-state index contributed by atoms with van der Waals surface area (Å²) in [7, 11) is 1.61. The van der Waals surface area contributed by atoms with Crippen molar-refractivity contribution < 1.29 is 14.3 Å². The number of ether oxygens (including phenoxy) is 2. The number of nitrogens with one attached hydrogen (secondary N) is 1. The van der Waals surface area contributed by atoms with Gasteiger partial charge in [-0.05, 0) is 59.0 Å². The second kappa shape index (κ2) is 9.77. The smallest absolute Gasteiger partial charge is 0.234 e. The molecule has 9 heteroatoms. The lowest BCUT2D eigenvalue weighted by molar-refractivity contribution is -0.113. The van der Waals surface area contributed by atoms with Crippen molar-refractivity contribution >= 4 is 23.4 Å². The van der Waals surface area contributed by atoms with E-state index in [1.165, 1.54) is 11.8 Å². The van der Waals surface area contributed by atoms with Gasteiger partial charge in [-0.15, -0.1) is 5.10 Å². The molecular weight excluding hydrogens is 414 g/mol. The maximum atomic E-state index is 12.6. The zero-order chi connectivity index (χ0) is 21.5. The lowest BCUT2D eigenvalue weighted by Gasteiger charge is -2.12. The second-order valence-electron chi connectivity index (χ2n) is 6.32. The summed E-state index contributed by atoms with van der Waals surface area (Å²) in [5.41, 5.74) is 1.36. The highest BCUT2D eigenvalue weighted by Gasteiger charge is 2.13. The number of carbonyl (C=O) groups excluding carboxylic acids is 1. The van der Waals surface area contributed by atoms with E-state index in [9.17, 15) is 4.79 Å². The number of nitrogens with zero attached hydrogens (tertiary/aromatic N) is 4. The monoisotopic (exact) mass is 433 g/mol. The van der Waals surface area contributed by atoms with Crippen molar-refractivity contribution in [2.75, 3.05) is 18.2 Å². The zero-order valence-electron chi connectivity index (χ0n) is 16.6. The summed E-state index contributed by atoms with van der Waals surface area (Å²) in [4.78, 5) is 12.6. The highest BCUT2D eigenvalue weighted by Crippen LogP contribution is 2.29. The zero-order valence-corrected chi connectivity index (χ0v) is 17.5. The molecule has 0 spiro atoms. The number of anilines is 1. The molecule has 4 rings (SSSR count). The molecule has 156 valence electrons. The molecule has 0 bridgehead atoms. The molecule has 1 amide bonds. The Kier molecular flexibility index (Phi) is 6.44. The Bertz CT molecular complexity index is 1150. The average molecular weight is 433 g/mol. The van der Waals surface area contributed by atoms with Gasteiger partial charge < -0.3 is 14.8 Å². The van der Waals surface area contributed by atoms with Crippen molar-refractivity contribution in [1.82, 2.24) is 20.2 Å². The van der Waals surface area contributed by atoms with E-state index in [1.807, 2.05) is 66.7 Å². The molecule has 0 aliphatic carbocycles. The first-order valence-corrected chi connectivity index (χ1v) is 10.4. The fraction of sp³-hybridized carbons (Fsp3) is 0.0909. The minimum Gasteiger partial charge on any atom is -0.497 e.